The summed E-state index contributed by atoms with van der Waals surface area (Å²) >= 11 is 0. The second-order valence-electron chi connectivity index (χ2n) is 7.03. The van der Waals surface area contributed by atoms with Gasteiger partial charge in [-0.05, 0) is 31.2 Å². The number of nitrogens with zero attached hydrogens (tertiary/aromatic N) is 2. The summed E-state index contributed by atoms with van der Waals surface area (Å²) < 4.78 is 2.21. The summed E-state index contributed by atoms with van der Waals surface area (Å²) in [5, 5.41) is 4.82. The number of hydrogen-bond acceptors (Lipinski definition) is 3. The first-order chi connectivity index (χ1) is 10.3. The van der Waals surface area contributed by atoms with Crippen molar-refractivity contribution < 1.29 is 0 Å². The van der Waals surface area contributed by atoms with E-state index in [2.05, 4.69) is 22.4 Å². The van der Waals surface area contributed by atoms with E-state index in [9.17, 15) is 0 Å². The average Bonchev–Trinajstić information content (AvgIpc) is 3.19. The second kappa shape index (κ2) is 7.41. The molecule has 3 rings (SSSR count). The van der Waals surface area contributed by atoms with Crippen LogP contribution in [0.5, 0.6) is 0 Å². The minimum Gasteiger partial charge on any atom is -0.271 e. The molecule has 2 fully saturated rings. The van der Waals surface area contributed by atoms with Crippen LogP contribution < -0.4 is 11.3 Å². The molecular weight excluding hydrogens is 260 g/mol. The van der Waals surface area contributed by atoms with E-state index in [0.717, 1.165) is 12.3 Å². The summed E-state index contributed by atoms with van der Waals surface area (Å²) in [6.07, 6.45) is 16.6. The number of hydrogen-bond donors (Lipinski definition) is 2. The lowest BCUT2D eigenvalue weighted by atomic mass is 9.96. The largest absolute Gasteiger partial charge is 0.271 e. The summed E-state index contributed by atoms with van der Waals surface area (Å²) in [6, 6.07) is 3.20. The molecule has 0 aromatic carbocycles. The van der Waals surface area contributed by atoms with Crippen LogP contribution in [0.15, 0.2) is 12.3 Å². The third-order valence-corrected chi connectivity index (χ3v) is 5.40. The first-order valence-corrected chi connectivity index (χ1v) is 8.85. The Morgan fingerprint density at radius 2 is 1.86 bits per heavy atom. The van der Waals surface area contributed by atoms with Crippen molar-refractivity contribution in [3.8, 4) is 0 Å². The molecule has 0 amide bonds. The molecule has 1 aromatic heterocycles. The zero-order chi connectivity index (χ0) is 14.5. The van der Waals surface area contributed by atoms with Gasteiger partial charge in [-0.15, -0.1) is 0 Å². The predicted molar refractivity (Wildman–Crippen MR) is 85.7 cm³/mol. The highest BCUT2D eigenvalue weighted by Crippen LogP contribution is 2.30. The van der Waals surface area contributed by atoms with Crippen LogP contribution in [0.4, 0.5) is 0 Å². The van der Waals surface area contributed by atoms with Crippen molar-refractivity contribution in [3.63, 3.8) is 0 Å². The number of hydrazine groups is 1. The second-order valence-corrected chi connectivity index (χ2v) is 7.03. The summed E-state index contributed by atoms with van der Waals surface area (Å²) in [5.74, 6) is 6.63. The molecule has 0 spiro atoms. The van der Waals surface area contributed by atoms with Gasteiger partial charge in [0.2, 0.25) is 0 Å². The zero-order valence-corrected chi connectivity index (χ0v) is 13.1. The fourth-order valence-electron chi connectivity index (χ4n) is 4.15. The third-order valence-electron chi connectivity index (χ3n) is 5.40. The highest BCUT2D eigenvalue weighted by Gasteiger charge is 2.21. The van der Waals surface area contributed by atoms with Crippen molar-refractivity contribution in [3.05, 3.63) is 18.0 Å². The predicted octanol–water partition coefficient (Wildman–Crippen LogP) is 3.34. The van der Waals surface area contributed by atoms with Gasteiger partial charge in [0.25, 0.3) is 0 Å². The highest BCUT2D eigenvalue weighted by atomic mass is 15.3. The topological polar surface area (TPSA) is 55.9 Å². The Kier molecular flexibility index (Phi) is 5.31. The molecule has 4 heteroatoms. The quantitative estimate of drug-likeness (QED) is 0.624. The zero-order valence-electron chi connectivity index (χ0n) is 13.1. The maximum absolute atomic E-state index is 5.76. The molecule has 2 aliphatic rings. The Balaban J connectivity index is 1.54. The molecule has 2 saturated carbocycles. The van der Waals surface area contributed by atoms with Crippen LogP contribution in [0.2, 0.25) is 0 Å². The van der Waals surface area contributed by atoms with Crippen molar-refractivity contribution in [1.82, 2.24) is 15.2 Å². The first-order valence-electron chi connectivity index (χ1n) is 8.85. The van der Waals surface area contributed by atoms with Crippen LogP contribution >= 0.6 is 0 Å². The molecule has 1 heterocycles. The van der Waals surface area contributed by atoms with Gasteiger partial charge in [0.05, 0.1) is 11.7 Å². The molecule has 0 saturated heterocycles. The van der Waals surface area contributed by atoms with Crippen molar-refractivity contribution in [2.45, 2.75) is 82.7 Å². The standard InChI is InChI=1S/C17H30N4/c18-19-16(12-14-6-4-5-7-14)13-15-10-11-21(20-15)17-8-2-1-3-9-17/h10-11,14,16-17,19H,1-9,12-13,18H2. The normalized spacial score (nSPS) is 22.7. The van der Waals surface area contributed by atoms with Crippen LogP contribution in [0, 0.1) is 5.92 Å². The van der Waals surface area contributed by atoms with E-state index in [4.69, 9.17) is 10.9 Å². The lowest BCUT2D eigenvalue weighted by molar-refractivity contribution is 0.326. The molecule has 0 radical (unpaired) electrons. The van der Waals surface area contributed by atoms with Crippen molar-refractivity contribution in [2.75, 3.05) is 0 Å². The third kappa shape index (κ3) is 4.07. The van der Waals surface area contributed by atoms with Gasteiger partial charge in [-0.1, -0.05) is 44.9 Å². The van der Waals surface area contributed by atoms with Gasteiger partial charge >= 0.3 is 0 Å². The van der Waals surface area contributed by atoms with Gasteiger partial charge in [0, 0.05) is 18.7 Å². The molecule has 0 bridgehead atoms. The first kappa shape index (κ1) is 15.0. The molecule has 4 nitrogen and oxygen atoms in total. The average molecular weight is 290 g/mol. The molecular formula is C17H30N4. The molecule has 3 N–H and O–H groups in total. The van der Waals surface area contributed by atoms with Gasteiger partial charge in [-0.3, -0.25) is 16.0 Å². The minimum atomic E-state index is 0.378. The molecule has 118 valence electrons. The summed E-state index contributed by atoms with van der Waals surface area (Å²) in [5.41, 5.74) is 4.21. The summed E-state index contributed by atoms with van der Waals surface area (Å²) in [4.78, 5) is 0. The molecule has 1 atom stereocenters. The number of nitrogens with two attached hydrogens (primary N) is 1. The molecule has 1 aromatic rings. The van der Waals surface area contributed by atoms with Crippen molar-refractivity contribution in [1.29, 1.82) is 0 Å². The Bertz CT molecular complexity index is 416. The van der Waals surface area contributed by atoms with Crippen LogP contribution in [-0.4, -0.2) is 15.8 Å². The number of nitrogens with one attached hydrogen (secondary N) is 1. The van der Waals surface area contributed by atoms with Gasteiger partial charge in [0.1, 0.15) is 0 Å². The summed E-state index contributed by atoms with van der Waals surface area (Å²) in [6.45, 7) is 0. The number of aromatic nitrogens is 2. The number of rotatable bonds is 6. The van der Waals surface area contributed by atoms with Gasteiger partial charge in [-0.25, -0.2) is 0 Å². The Hall–Kier alpha value is -0.870. The van der Waals surface area contributed by atoms with E-state index in [0.29, 0.717) is 12.1 Å². The van der Waals surface area contributed by atoms with Gasteiger partial charge in [-0.2, -0.15) is 5.10 Å². The fourth-order valence-corrected chi connectivity index (χ4v) is 4.15. The van der Waals surface area contributed by atoms with E-state index in [1.807, 2.05) is 0 Å². The maximum Gasteiger partial charge on any atom is 0.0640 e. The smallest absolute Gasteiger partial charge is 0.0640 e. The van der Waals surface area contributed by atoms with E-state index < -0.39 is 0 Å². The van der Waals surface area contributed by atoms with E-state index in [1.165, 1.54) is 69.9 Å². The van der Waals surface area contributed by atoms with Gasteiger partial charge < -0.3 is 0 Å². The molecule has 0 aliphatic heterocycles. The van der Waals surface area contributed by atoms with E-state index in [1.54, 1.807) is 0 Å². The molecule has 21 heavy (non-hydrogen) atoms. The highest BCUT2D eigenvalue weighted by molar-refractivity contribution is 5.02. The molecule has 1 unspecified atom stereocenters. The summed E-state index contributed by atoms with van der Waals surface area (Å²) in [7, 11) is 0. The van der Waals surface area contributed by atoms with Crippen LogP contribution in [-0.2, 0) is 6.42 Å². The lowest BCUT2D eigenvalue weighted by Crippen LogP contribution is -2.38. The maximum atomic E-state index is 5.76. The minimum absolute atomic E-state index is 0.378. The van der Waals surface area contributed by atoms with Gasteiger partial charge in [0.15, 0.2) is 0 Å². The fraction of sp³-hybridized carbons (Fsp3) is 0.824. The van der Waals surface area contributed by atoms with E-state index in [-0.39, 0.29) is 0 Å². The lowest BCUT2D eigenvalue weighted by Gasteiger charge is -2.22. The van der Waals surface area contributed by atoms with Crippen LogP contribution in [0.3, 0.4) is 0 Å². The monoisotopic (exact) mass is 290 g/mol. The Morgan fingerprint density at radius 1 is 1.14 bits per heavy atom. The Morgan fingerprint density at radius 3 is 2.57 bits per heavy atom. The van der Waals surface area contributed by atoms with Crippen molar-refractivity contribution in [2.24, 2.45) is 11.8 Å². The SMILES string of the molecule is NNC(Cc1ccn(C2CCCCC2)n1)CC1CCCC1. The van der Waals surface area contributed by atoms with Crippen LogP contribution in [0.25, 0.3) is 0 Å². The molecule has 2 aliphatic carbocycles. The van der Waals surface area contributed by atoms with E-state index >= 15 is 0 Å². The van der Waals surface area contributed by atoms with Crippen LogP contribution in [0.1, 0.15) is 75.9 Å². The Labute approximate surface area is 128 Å². The van der Waals surface area contributed by atoms with Crippen molar-refractivity contribution >= 4 is 0 Å².